The molecule has 25 heavy (non-hydrogen) atoms. The highest BCUT2D eigenvalue weighted by atomic mass is 19.1. The Bertz CT molecular complexity index is 809. The molecule has 1 saturated heterocycles. The van der Waals surface area contributed by atoms with Gasteiger partial charge in [0.2, 0.25) is 0 Å². The predicted molar refractivity (Wildman–Crippen MR) is 94.0 cm³/mol. The van der Waals surface area contributed by atoms with Gasteiger partial charge < -0.3 is 4.90 Å². The lowest BCUT2D eigenvalue weighted by atomic mass is 9.98. The zero-order chi connectivity index (χ0) is 17.6. The van der Waals surface area contributed by atoms with Gasteiger partial charge in [-0.3, -0.25) is 9.48 Å². The molecule has 1 saturated carbocycles. The number of benzene rings is 1. The fraction of sp³-hybridized carbons (Fsp3) is 0.500. The second kappa shape index (κ2) is 6.28. The number of nitrogens with zero attached hydrogens (tertiary/aromatic N) is 3. The number of hydrogen-bond donors (Lipinski definition) is 0. The van der Waals surface area contributed by atoms with Crippen molar-refractivity contribution in [1.29, 1.82) is 0 Å². The summed E-state index contributed by atoms with van der Waals surface area (Å²) < 4.78 is 15.4. The lowest BCUT2D eigenvalue weighted by Gasteiger charge is -2.16. The van der Waals surface area contributed by atoms with Crippen molar-refractivity contribution in [3.05, 3.63) is 52.6 Å². The van der Waals surface area contributed by atoms with Crippen molar-refractivity contribution in [1.82, 2.24) is 14.7 Å². The molecule has 0 bridgehead atoms. The third kappa shape index (κ3) is 3.32. The molecule has 1 amide bonds. The molecule has 1 unspecified atom stereocenters. The maximum absolute atomic E-state index is 13.7. The number of likely N-dealkylation sites (tertiary alicyclic amines) is 1. The molecular weight excluding hydrogens is 317 g/mol. The van der Waals surface area contributed by atoms with E-state index in [1.807, 2.05) is 30.1 Å². The van der Waals surface area contributed by atoms with Crippen LogP contribution in [0.1, 0.15) is 52.5 Å². The fourth-order valence-corrected chi connectivity index (χ4v) is 3.71. The van der Waals surface area contributed by atoms with Crippen LogP contribution < -0.4 is 0 Å². The van der Waals surface area contributed by atoms with Gasteiger partial charge in [0.25, 0.3) is 5.91 Å². The number of carbonyl (C=O) groups is 1. The minimum absolute atomic E-state index is 0.0690. The smallest absolute Gasteiger partial charge is 0.272 e. The molecule has 4 nitrogen and oxygen atoms in total. The molecule has 1 aliphatic heterocycles. The molecule has 132 valence electrons. The lowest BCUT2D eigenvalue weighted by molar-refractivity contribution is 0.0776. The Morgan fingerprint density at radius 1 is 1.28 bits per heavy atom. The standard InChI is InChI=1S/C20H24FN3O/c1-13-3-4-14(10-17(13)21)9-15-7-8-24(12-15)20(25)19-11-18(16-5-6-16)22-23(19)2/h3-4,10-11,15-16H,5-9,12H2,1-2H3. The second-order valence-electron chi connectivity index (χ2n) is 7.55. The predicted octanol–water partition coefficient (Wildman–Crippen LogP) is 3.45. The van der Waals surface area contributed by atoms with Gasteiger partial charge in [-0.15, -0.1) is 0 Å². The van der Waals surface area contributed by atoms with E-state index in [0.717, 1.165) is 37.2 Å². The van der Waals surface area contributed by atoms with Gasteiger partial charge in [-0.25, -0.2) is 4.39 Å². The Morgan fingerprint density at radius 2 is 2.08 bits per heavy atom. The van der Waals surface area contributed by atoms with E-state index in [1.54, 1.807) is 17.7 Å². The summed E-state index contributed by atoms with van der Waals surface area (Å²) in [7, 11) is 1.85. The number of aryl methyl sites for hydroxylation is 2. The lowest BCUT2D eigenvalue weighted by Crippen LogP contribution is -2.30. The summed E-state index contributed by atoms with van der Waals surface area (Å²) in [5.41, 5.74) is 3.43. The van der Waals surface area contributed by atoms with Crippen LogP contribution in [0.5, 0.6) is 0 Å². The Kier molecular flexibility index (Phi) is 4.10. The molecule has 5 heteroatoms. The zero-order valence-electron chi connectivity index (χ0n) is 14.8. The topological polar surface area (TPSA) is 38.1 Å². The van der Waals surface area contributed by atoms with E-state index < -0.39 is 0 Å². The molecule has 1 aromatic carbocycles. The first-order valence-corrected chi connectivity index (χ1v) is 9.09. The van der Waals surface area contributed by atoms with Crippen LogP contribution in [0.3, 0.4) is 0 Å². The van der Waals surface area contributed by atoms with E-state index in [1.165, 1.54) is 12.8 Å². The van der Waals surface area contributed by atoms with Crippen LogP contribution in [-0.2, 0) is 13.5 Å². The van der Waals surface area contributed by atoms with Gasteiger partial charge in [-0.1, -0.05) is 12.1 Å². The van der Waals surface area contributed by atoms with E-state index in [9.17, 15) is 9.18 Å². The Morgan fingerprint density at radius 3 is 2.80 bits per heavy atom. The first-order chi connectivity index (χ1) is 12.0. The summed E-state index contributed by atoms with van der Waals surface area (Å²) in [5.74, 6) is 0.864. The highest BCUT2D eigenvalue weighted by Crippen LogP contribution is 2.39. The van der Waals surface area contributed by atoms with Crippen molar-refractivity contribution in [2.45, 2.75) is 38.5 Å². The minimum atomic E-state index is -0.147. The highest BCUT2D eigenvalue weighted by molar-refractivity contribution is 5.93. The van der Waals surface area contributed by atoms with Gasteiger partial charge in [0.1, 0.15) is 11.5 Å². The minimum Gasteiger partial charge on any atom is -0.337 e. The van der Waals surface area contributed by atoms with Crippen molar-refractivity contribution < 1.29 is 9.18 Å². The zero-order valence-corrected chi connectivity index (χ0v) is 14.8. The van der Waals surface area contributed by atoms with Gasteiger partial charge in [0, 0.05) is 26.1 Å². The number of carbonyl (C=O) groups excluding carboxylic acids is 1. The van der Waals surface area contributed by atoms with E-state index in [2.05, 4.69) is 5.10 Å². The van der Waals surface area contributed by atoms with E-state index in [0.29, 0.717) is 23.1 Å². The van der Waals surface area contributed by atoms with Crippen LogP contribution in [0.15, 0.2) is 24.3 Å². The molecule has 2 fully saturated rings. The van der Waals surface area contributed by atoms with Crippen LogP contribution in [0.4, 0.5) is 4.39 Å². The first-order valence-electron chi connectivity index (χ1n) is 9.09. The highest BCUT2D eigenvalue weighted by Gasteiger charge is 2.31. The van der Waals surface area contributed by atoms with Gasteiger partial charge >= 0.3 is 0 Å². The number of halogens is 1. The summed E-state index contributed by atoms with van der Waals surface area (Å²) in [5, 5.41) is 4.50. The fourth-order valence-electron chi connectivity index (χ4n) is 3.71. The van der Waals surface area contributed by atoms with Gasteiger partial charge in [0.05, 0.1) is 5.69 Å². The molecule has 1 aliphatic carbocycles. The van der Waals surface area contributed by atoms with E-state index in [-0.39, 0.29) is 11.7 Å². The summed E-state index contributed by atoms with van der Waals surface area (Å²) in [6.07, 6.45) is 4.15. The van der Waals surface area contributed by atoms with E-state index >= 15 is 0 Å². The van der Waals surface area contributed by atoms with Gasteiger partial charge in [-0.05, 0) is 61.8 Å². The number of aromatic nitrogens is 2. The third-order valence-electron chi connectivity index (χ3n) is 5.45. The Hall–Kier alpha value is -2.17. The molecule has 4 rings (SSSR count). The van der Waals surface area contributed by atoms with Crippen LogP contribution >= 0.6 is 0 Å². The molecule has 0 spiro atoms. The quantitative estimate of drug-likeness (QED) is 0.854. The van der Waals surface area contributed by atoms with Crippen LogP contribution in [0.25, 0.3) is 0 Å². The summed E-state index contributed by atoms with van der Waals surface area (Å²) >= 11 is 0. The molecular formula is C20H24FN3O. The number of hydrogen-bond acceptors (Lipinski definition) is 2. The van der Waals surface area contributed by atoms with Crippen LogP contribution in [0.2, 0.25) is 0 Å². The molecule has 0 radical (unpaired) electrons. The van der Waals surface area contributed by atoms with Crippen molar-refractivity contribution in [2.75, 3.05) is 13.1 Å². The second-order valence-corrected chi connectivity index (χ2v) is 7.55. The Balaban J connectivity index is 1.41. The maximum Gasteiger partial charge on any atom is 0.272 e. The number of rotatable bonds is 4. The van der Waals surface area contributed by atoms with Crippen LogP contribution in [-0.4, -0.2) is 33.7 Å². The van der Waals surface area contributed by atoms with Gasteiger partial charge in [0.15, 0.2) is 0 Å². The van der Waals surface area contributed by atoms with Crippen molar-refractivity contribution in [3.63, 3.8) is 0 Å². The molecule has 0 N–H and O–H groups in total. The maximum atomic E-state index is 13.7. The van der Waals surface area contributed by atoms with Crippen molar-refractivity contribution in [3.8, 4) is 0 Å². The largest absolute Gasteiger partial charge is 0.337 e. The van der Waals surface area contributed by atoms with E-state index in [4.69, 9.17) is 0 Å². The molecule has 1 aromatic heterocycles. The molecule has 2 heterocycles. The monoisotopic (exact) mass is 341 g/mol. The molecule has 2 aliphatic rings. The first kappa shape index (κ1) is 16.3. The molecule has 1 atom stereocenters. The summed E-state index contributed by atoms with van der Waals surface area (Å²) in [6, 6.07) is 7.41. The van der Waals surface area contributed by atoms with Gasteiger partial charge in [-0.2, -0.15) is 5.10 Å². The van der Waals surface area contributed by atoms with Crippen molar-refractivity contribution >= 4 is 5.91 Å². The summed E-state index contributed by atoms with van der Waals surface area (Å²) in [4.78, 5) is 14.7. The SMILES string of the molecule is Cc1ccc(CC2CCN(C(=O)c3cc(C4CC4)nn3C)C2)cc1F. The molecule has 2 aromatic rings. The summed E-state index contributed by atoms with van der Waals surface area (Å²) in [6.45, 7) is 3.28. The third-order valence-corrected chi connectivity index (χ3v) is 5.45. The normalized spacial score (nSPS) is 20.3. The average Bonchev–Trinajstić information content (AvgIpc) is 3.21. The van der Waals surface area contributed by atoms with Crippen LogP contribution in [0, 0.1) is 18.7 Å². The Labute approximate surface area is 147 Å². The number of amides is 1. The average molecular weight is 341 g/mol. The van der Waals surface area contributed by atoms with Crippen molar-refractivity contribution in [2.24, 2.45) is 13.0 Å².